The lowest BCUT2D eigenvalue weighted by molar-refractivity contribution is 0.166. The second-order valence-electron chi connectivity index (χ2n) is 8.61. The maximum Gasteiger partial charge on any atom is 0.268 e. The summed E-state index contributed by atoms with van der Waals surface area (Å²) in [4.78, 5) is -0.157. The van der Waals surface area contributed by atoms with Crippen molar-refractivity contribution in [3.63, 3.8) is 0 Å². The van der Waals surface area contributed by atoms with E-state index in [0.29, 0.717) is 0 Å². The van der Waals surface area contributed by atoms with Crippen molar-refractivity contribution in [2.45, 2.75) is 17.5 Å². The zero-order valence-corrected chi connectivity index (χ0v) is 21.5. The van der Waals surface area contributed by atoms with E-state index < -0.39 is 21.9 Å². The second-order valence-corrected chi connectivity index (χ2v) is 10.9. The van der Waals surface area contributed by atoms with Crippen molar-refractivity contribution in [1.82, 2.24) is 4.57 Å². The largest absolute Gasteiger partial charge is 0.495 e. The van der Waals surface area contributed by atoms with Crippen molar-refractivity contribution in [1.29, 1.82) is 0 Å². The number of aromatic nitrogens is 1. The molecule has 0 saturated heterocycles. The second kappa shape index (κ2) is 10.0. The molecule has 0 fully saturated rings. The third-order valence-corrected chi connectivity index (χ3v) is 8.31. The van der Waals surface area contributed by atoms with Gasteiger partial charge in [0, 0.05) is 26.8 Å². The van der Waals surface area contributed by atoms with Crippen LogP contribution < -0.4 is 9.04 Å². The zero-order valence-electron chi connectivity index (χ0n) is 19.9. The summed E-state index contributed by atoms with van der Waals surface area (Å²) in [5.74, 6) is -0.402. The minimum absolute atomic E-state index is 0.105. The first-order valence-electron chi connectivity index (χ1n) is 11.6. The predicted octanol–water partition coefficient (Wildman–Crippen LogP) is 5.85. The summed E-state index contributed by atoms with van der Waals surface area (Å²) in [7, 11) is -2.90. The van der Waals surface area contributed by atoms with Gasteiger partial charge in [-0.05, 0) is 54.6 Å². The highest BCUT2D eigenvalue weighted by molar-refractivity contribution is 7.93. The Balaban J connectivity index is 1.56. The van der Waals surface area contributed by atoms with E-state index in [9.17, 15) is 17.9 Å². The zero-order chi connectivity index (χ0) is 26.2. The Morgan fingerprint density at radius 1 is 0.946 bits per heavy atom. The average Bonchev–Trinajstić information content (AvgIpc) is 3.21. The van der Waals surface area contributed by atoms with Gasteiger partial charge < -0.3 is 14.4 Å². The number of anilines is 1. The van der Waals surface area contributed by atoms with Crippen LogP contribution in [0.15, 0.2) is 95.9 Å². The molecule has 5 rings (SSSR count). The number of sulfonamides is 1. The fraction of sp³-hybridized carbons (Fsp3) is 0.143. The molecule has 0 saturated carbocycles. The normalized spacial score (nSPS) is 12.6. The van der Waals surface area contributed by atoms with Crippen LogP contribution in [-0.4, -0.2) is 37.8 Å². The van der Waals surface area contributed by atoms with Crippen LogP contribution in [0.2, 0.25) is 5.02 Å². The van der Waals surface area contributed by atoms with Gasteiger partial charge in [0.15, 0.2) is 0 Å². The number of hydrogen-bond donors (Lipinski definition) is 1. The molecule has 0 bridgehead atoms. The topological polar surface area (TPSA) is 71.8 Å². The molecule has 4 aromatic carbocycles. The quantitative estimate of drug-likeness (QED) is 0.269. The maximum atomic E-state index is 13.9. The highest BCUT2D eigenvalue weighted by Crippen LogP contribution is 2.33. The minimum atomic E-state index is -4.26. The SMILES string of the molecule is COc1ccc(Cl)cc1S(=O)(=O)N(CC(O)Cn1c2ccccc2c2ccccc21)c1ccc(F)cc1. The number of para-hydroxylation sites is 2. The van der Waals surface area contributed by atoms with Crippen molar-refractivity contribution in [2.24, 2.45) is 0 Å². The molecule has 0 aliphatic rings. The molecule has 0 spiro atoms. The Bertz CT molecular complexity index is 1630. The third-order valence-electron chi connectivity index (χ3n) is 6.26. The van der Waals surface area contributed by atoms with E-state index in [4.69, 9.17) is 16.3 Å². The molecule has 1 aromatic heterocycles. The van der Waals surface area contributed by atoms with Gasteiger partial charge in [-0.25, -0.2) is 12.8 Å². The molecule has 190 valence electrons. The minimum Gasteiger partial charge on any atom is -0.495 e. The van der Waals surface area contributed by atoms with E-state index >= 15 is 0 Å². The summed E-state index contributed by atoms with van der Waals surface area (Å²) in [6.07, 6.45) is -1.11. The first-order chi connectivity index (χ1) is 17.8. The number of ether oxygens (including phenoxy) is 1. The van der Waals surface area contributed by atoms with E-state index in [1.54, 1.807) is 0 Å². The molecule has 1 heterocycles. The Hall–Kier alpha value is -3.59. The third kappa shape index (κ3) is 4.75. The predicted molar refractivity (Wildman–Crippen MR) is 144 cm³/mol. The lowest BCUT2D eigenvalue weighted by Crippen LogP contribution is -2.39. The Morgan fingerprint density at radius 3 is 2.14 bits per heavy atom. The number of hydrogen-bond acceptors (Lipinski definition) is 4. The van der Waals surface area contributed by atoms with Crippen LogP contribution in [0.1, 0.15) is 0 Å². The molecular weight excluding hydrogens is 515 g/mol. The Morgan fingerprint density at radius 2 is 1.54 bits per heavy atom. The number of fused-ring (bicyclic) bond motifs is 3. The Labute approximate surface area is 219 Å². The van der Waals surface area contributed by atoms with Gasteiger partial charge in [-0.15, -0.1) is 0 Å². The summed E-state index contributed by atoms with van der Waals surface area (Å²) in [5.41, 5.74) is 2.05. The van der Waals surface area contributed by atoms with Gasteiger partial charge >= 0.3 is 0 Å². The highest BCUT2D eigenvalue weighted by Gasteiger charge is 2.31. The number of rotatable bonds is 8. The van der Waals surface area contributed by atoms with E-state index in [-0.39, 0.29) is 34.4 Å². The summed E-state index contributed by atoms with van der Waals surface area (Å²) >= 11 is 6.12. The molecule has 0 aliphatic heterocycles. The lowest BCUT2D eigenvalue weighted by Gasteiger charge is -2.28. The van der Waals surface area contributed by atoms with Gasteiger partial charge in [-0.3, -0.25) is 4.31 Å². The van der Waals surface area contributed by atoms with Gasteiger partial charge in [0.2, 0.25) is 0 Å². The molecule has 0 amide bonds. The number of benzene rings is 4. The van der Waals surface area contributed by atoms with Crippen LogP contribution in [-0.2, 0) is 16.6 Å². The van der Waals surface area contributed by atoms with Crippen LogP contribution in [0.3, 0.4) is 0 Å². The number of aliphatic hydroxyl groups is 1. The van der Waals surface area contributed by atoms with Gasteiger partial charge in [0.25, 0.3) is 10.0 Å². The van der Waals surface area contributed by atoms with E-state index in [1.807, 2.05) is 53.1 Å². The number of halogens is 2. The standard InChI is InChI=1S/C28H24ClFN2O4S/c1-36-27-15-10-19(29)16-28(27)37(34,35)32(21-13-11-20(30)12-14-21)18-22(33)17-31-25-8-4-2-6-23(25)24-7-3-5-9-26(24)31/h2-16,22,33H,17-18H2,1H3. The number of nitrogens with zero attached hydrogens (tertiary/aromatic N) is 2. The summed E-state index contributed by atoms with van der Waals surface area (Å²) < 4.78 is 49.8. The van der Waals surface area contributed by atoms with E-state index in [2.05, 4.69) is 0 Å². The first-order valence-corrected chi connectivity index (χ1v) is 13.4. The average molecular weight is 539 g/mol. The number of aliphatic hydroxyl groups excluding tert-OH is 1. The number of methoxy groups -OCH3 is 1. The van der Waals surface area contributed by atoms with Crippen LogP contribution in [0.5, 0.6) is 5.75 Å². The fourth-order valence-corrected chi connectivity index (χ4v) is 6.50. The van der Waals surface area contributed by atoms with E-state index in [0.717, 1.165) is 26.1 Å². The van der Waals surface area contributed by atoms with Gasteiger partial charge in [0.1, 0.15) is 16.5 Å². The molecule has 1 unspecified atom stereocenters. The van der Waals surface area contributed by atoms with Crippen LogP contribution in [0, 0.1) is 5.82 Å². The van der Waals surface area contributed by atoms with Crippen LogP contribution in [0.4, 0.5) is 10.1 Å². The van der Waals surface area contributed by atoms with E-state index in [1.165, 1.54) is 49.6 Å². The summed E-state index contributed by atoms with van der Waals surface area (Å²) in [6.45, 7) is -0.154. The van der Waals surface area contributed by atoms with Crippen molar-refractivity contribution >= 4 is 49.1 Å². The summed E-state index contributed by atoms with van der Waals surface area (Å²) in [6, 6.07) is 25.1. The van der Waals surface area contributed by atoms with Gasteiger partial charge in [-0.1, -0.05) is 48.0 Å². The van der Waals surface area contributed by atoms with Crippen molar-refractivity contribution in [3.05, 3.63) is 102 Å². The smallest absolute Gasteiger partial charge is 0.268 e. The lowest BCUT2D eigenvalue weighted by atomic mass is 10.2. The molecular formula is C28H24ClFN2O4S. The van der Waals surface area contributed by atoms with Crippen LogP contribution >= 0.6 is 11.6 Å². The molecule has 9 heteroatoms. The highest BCUT2D eigenvalue weighted by atomic mass is 35.5. The van der Waals surface area contributed by atoms with Gasteiger partial charge in [-0.2, -0.15) is 0 Å². The molecule has 0 radical (unpaired) electrons. The van der Waals surface area contributed by atoms with Crippen molar-refractivity contribution < 1.29 is 22.7 Å². The van der Waals surface area contributed by atoms with Crippen molar-refractivity contribution in [2.75, 3.05) is 18.0 Å². The maximum absolute atomic E-state index is 13.9. The molecule has 1 atom stereocenters. The van der Waals surface area contributed by atoms with Gasteiger partial charge in [0.05, 0.1) is 32.0 Å². The van der Waals surface area contributed by atoms with Crippen LogP contribution in [0.25, 0.3) is 21.8 Å². The molecule has 6 nitrogen and oxygen atoms in total. The fourth-order valence-electron chi connectivity index (χ4n) is 4.58. The molecule has 1 N–H and O–H groups in total. The van der Waals surface area contributed by atoms with Crippen molar-refractivity contribution in [3.8, 4) is 5.75 Å². The molecule has 5 aromatic rings. The first kappa shape index (κ1) is 25.1. The summed E-state index contributed by atoms with van der Waals surface area (Å²) in [5, 5.41) is 13.5. The monoisotopic (exact) mass is 538 g/mol. The Kier molecular flexibility index (Phi) is 6.81. The molecule has 37 heavy (non-hydrogen) atoms. The molecule has 0 aliphatic carbocycles.